The number of nitriles is 1. The van der Waals surface area contributed by atoms with Crippen LogP contribution in [0, 0.1) is 11.3 Å². The second kappa shape index (κ2) is 9.05. The molecule has 0 unspecified atom stereocenters. The third-order valence-electron chi connectivity index (χ3n) is 3.24. The van der Waals surface area contributed by atoms with Crippen LogP contribution < -0.4 is 10.9 Å². The quantitative estimate of drug-likeness (QED) is 0.438. The molecule has 0 bridgehead atoms. The van der Waals surface area contributed by atoms with Crippen LogP contribution in [0.1, 0.15) is 6.42 Å². The van der Waals surface area contributed by atoms with Gasteiger partial charge in [-0.05, 0) is 12.1 Å². The molecule has 2 aromatic rings. The summed E-state index contributed by atoms with van der Waals surface area (Å²) in [4.78, 5) is 28.9. The van der Waals surface area contributed by atoms with Gasteiger partial charge in [0.2, 0.25) is 5.91 Å². The first-order valence-electron chi connectivity index (χ1n) is 7.42. The number of rotatable bonds is 8. The van der Waals surface area contributed by atoms with Crippen molar-refractivity contribution in [1.82, 2.24) is 14.9 Å². The number of thioether (sulfide) groups is 1. The third kappa shape index (κ3) is 4.57. The first-order valence-corrected chi connectivity index (χ1v) is 8.41. The van der Waals surface area contributed by atoms with Gasteiger partial charge in [-0.3, -0.25) is 14.2 Å². The van der Waals surface area contributed by atoms with E-state index in [1.54, 1.807) is 25.3 Å². The van der Waals surface area contributed by atoms with Gasteiger partial charge in [0.15, 0.2) is 5.16 Å². The molecule has 0 atom stereocenters. The second-order valence-electron chi connectivity index (χ2n) is 4.91. The summed E-state index contributed by atoms with van der Waals surface area (Å²) in [6.45, 7) is 1.06. The van der Waals surface area contributed by atoms with E-state index in [9.17, 15) is 9.59 Å². The highest BCUT2D eigenvalue weighted by Crippen LogP contribution is 2.17. The Bertz CT molecular complexity index is 813. The van der Waals surface area contributed by atoms with Crippen LogP contribution in [-0.4, -0.2) is 41.5 Å². The molecule has 0 saturated carbocycles. The van der Waals surface area contributed by atoms with E-state index in [0.717, 1.165) is 0 Å². The van der Waals surface area contributed by atoms with Crippen molar-refractivity contribution < 1.29 is 9.53 Å². The van der Waals surface area contributed by atoms with Crippen LogP contribution >= 0.6 is 11.8 Å². The van der Waals surface area contributed by atoms with Crippen LogP contribution in [0.5, 0.6) is 0 Å². The summed E-state index contributed by atoms with van der Waals surface area (Å²) in [6.07, 6.45) is 0.267. The molecule has 0 aliphatic carbocycles. The standard InChI is InChI=1S/C16H18N4O3S/c1-23-10-9-20-15(22)12-5-2-3-6-13(12)19-16(20)24-11-14(21)18-8-4-7-17/h2-3,5-6H,4,8-11H2,1H3,(H,18,21). The number of carbonyl (C=O) groups is 1. The number of hydrogen-bond acceptors (Lipinski definition) is 6. The topological polar surface area (TPSA) is 97.0 Å². The zero-order chi connectivity index (χ0) is 17.4. The van der Waals surface area contributed by atoms with Crippen molar-refractivity contribution in [2.24, 2.45) is 0 Å². The molecule has 0 aliphatic heterocycles. The SMILES string of the molecule is COCCn1c(SCC(=O)NCCC#N)nc2ccccc2c1=O. The highest BCUT2D eigenvalue weighted by Gasteiger charge is 2.12. The molecule has 1 heterocycles. The number of carbonyl (C=O) groups excluding carboxylic acids is 1. The Kier molecular flexibility index (Phi) is 6.78. The molecule has 126 valence electrons. The van der Waals surface area contributed by atoms with Crippen LogP contribution in [0.2, 0.25) is 0 Å². The molecule has 1 aromatic heterocycles. The minimum atomic E-state index is -0.198. The minimum absolute atomic E-state index is 0.128. The fraction of sp³-hybridized carbons (Fsp3) is 0.375. The molecule has 0 fully saturated rings. The Labute approximate surface area is 143 Å². The lowest BCUT2D eigenvalue weighted by atomic mass is 10.2. The number of benzene rings is 1. The molecule has 1 aromatic carbocycles. The maximum atomic E-state index is 12.6. The average Bonchev–Trinajstić information content (AvgIpc) is 2.59. The normalized spacial score (nSPS) is 10.5. The van der Waals surface area contributed by atoms with E-state index in [1.165, 1.54) is 16.3 Å². The number of methoxy groups -OCH3 is 1. The average molecular weight is 346 g/mol. The number of aromatic nitrogens is 2. The zero-order valence-corrected chi connectivity index (χ0v) is 14.1. The number of fused-ring (bicyclic) bond motifs is 1. The minimum Gasteiger partial charge on any atom is -0.383 e. The summed E-state index contributed by atoms with van der Waals surface area (Å²) in [5, 5.41) is 12.1. The monoisotopic (exact) mass is 346 g/mol. The molecule has 0 spiro atoms. The summed E-state index contributed by atoms with van der Waals surface area (Å²) < 4.78 is 6.58. The molecule has 0 saturated heterocycles. The lowest BCUT2D eigenvalue weighted by Gasteiger charge is -2.12. The van der Waals surface area contributed by atoms with Gasteiger partial charge < -0.3 is 10.1 Å². The van der Waals surface area contributed by atoms with Crippen molar-refractivity contribution >= 4 is 28.6 Å². The van der Waals surface area contributed by atoms with E-state index >= 15 is 0 Å². The fourth-order valence-corrected chi connectivity index (χ4v) is 2.93. The van der Waals surface area contributed by atoms with Crippen LogP contribution in [-0.2, 0) is 16.1 Å². The van der Waals surface area contributed by atoms with Crippen LogP contribution in [0.15, 0.2) is 34.2 Å². The first-order chi connectivity index (χ1) is 11.7. The van der Waals surface area contributed by atoms with Gasteiger partial charge in [0.05, 0.1) is 42.3 Å². The van der Waals surface area contributed by atoms with Crippen molar-refractivity contribution in [2.45, 2.75) is 18.1 Å². The van der Waals surface area contributed by atoms with Gasteiger partial charge in [0.1, 0.15) is 0 Å². The van der Waals surface area contributed by atoms with Gasteiger partial charge in [0.25, 0.3) is 5.56 Å². The molecule has 24 heavy (non-hydrogen) atoms. The van der Waals surface area contributed by atoms with Crippen molar-refractivity contribution in [3.63, 3.8) is 0 Å². The van der Waals surface area contributed by atoms with E-state index in [1.807, 2.05) is 12.1 Å². The number of para-hydroxylation sites is 1. The number of hydrogen-bond donors (Lipinski definition) is 1. The Hall–Kier alpha value is -2.37. The van der Waals surface area contributed by atoms with Crippen molar-refractivity contribution in [3.05, 3.63) is 34.6 Å². The molecule has 2 rings (SSSR count). The Balaban J connectivity index is 2.22. The maximum Gasteiger partial charge on any atom is 0.262 e. The molecule has 0 aliphatic rings. The lowest BCUT2D eigenvalue weighted by Crippen LogP contribution is -2.28. The molecule has 0 radical (unpaired) electrons. The summed E-state index contributed by atoms with van der Waals surface area (Å²) in [7, 11) is 1.56. The van der Waals surface area contributed by atoms with E-state index in [0.29, 0.717) is 35.8 Å². The van der Waals surface area contributed by atoms with E-state index in [-0.39, 0.29) is 23.6 Å². The van der Waals surface area contributed by atoms with Crippen molar-refractivity contribution in [1.29, 1.82) is 5.26 Å². The van der Waals surface area contributed by atoms with Crippen molar-refractivity contribution in [2.75, 3.05) is 26.0 Å². The maximum absolute atomic E-state index is 12.6. The van der Waals surface area contributed by atoms with Gasteiger partial charge in [-0.15, -0.1) is 0 Å². The molecule has 8 heteroatoms. The van der Waals surface area contributed by atoms with Gasteiger partial charge in [-0.2, -0.15) is 5.26 Å². The first kappa shape index (κ1) is 18.0. The molecular weight excluding hydrogens is 328 g/mol. The number of nitrogens with one attached hydrogen (secondary N) is 1. The third-order valence-corrected chi connectivity index (χ3v) is 4.21. The Morgan fingerprint density at radius 2 is 2.25 bits per heavy atom. The largest absolute Gasteiger partial charge is 0.383 e. The summed E-state index contributed by atoms with van der Waals surface area (Å²) in [6, 6.07) is 9.08. The summed E-state index contributed by atoms with van der Waals surface area (Å²) in [5.74, 6) is -0.0700. The van der Waals surface area contributed by atoms with Gasteiger partial charge in [-0.25, -0.2) is 4.98 Å². The number of amides is 1. The van der Waals surface area contributed by atoms with Gasteiger partial charge in [0, 0.05) is 13.7 Å². The van der Waals surface area contributed by atoms with Crippen LogP contribution in [0.4, 0.5) is 0 Å². The molecule has 7 nitrogen and oxygen atoms in total. The fourth-order valence-electron chi connectivity index (χ4n) is 2.08. The Morgan fingerprint density at radius 3 is 3.00 bits per heavy atom. The van der Waals surface area contributed by atoms with Crippen LogP contribution in [0.25, 0.3) is 10.9 Å². The van der Waals surface area contributed by atoms with Crippen molar-refractivity contribution in [3.8, 4) is 6.07 Å². The van der Waals surface area contributed by atoms with Crippen LogP contribution in [0.3, 0.4) is 0 Å². The zero-order valence-electron chi connectivity index (χ0n) is 13.3. The number of ether oxygens (including phenoxy) is 1. The highest BCUT2D eigenvalue weighted by molar-refractivity contribution is 7.99. The predicted octanol–water partition coefficient (Wildman–Crippen LogP) is 1.16. The summed E-state index contributed by atoms with van der Waals surface area (Å²) in [5.41, 5.74) is 0.452. The molecule has 1 N–H and O–H groups in total. The smallest absolute Gasteiger partial charge is 0.262 e. The number of nitrogens with zero attached hydrogens (tertiary/aromatic N) is 3. The Morgan fingerprint density at radius 1 is 1.46 bits per heavy atom. The molecular formula is C16H18N4O3S. The van der Waals surface area contributed by atoms with E-state index in [4.69, 9.17) is 10.00 Å². The second-order valence-corrected chi connectivity index (χ2v) is 5.85. The van der Waals surface area contributed by atoms with E-state index in [2.05, 4.69) is 10.3 Å². The predicted molar refractivity (Wildman–Crippen MR) is 91.8 cm³/mol. The van der Waals surface area contributed by atoms with Gasteiger partial charge in [-0.1, -0.05) is 23.9 Å². The summed E-state index contributed by atoms with van der Waals surface area (Å²) >= 11 is 1.19. The van der Waals surface area contributed by atoms with Gasteiger partial charge >= 0.3 is 0 Å². The highest BCUT2D eigenvalue weighted by atomic mass is 32.2. The molecule has 1 amide bonds. The van der Waals surface area contributed by atoms with E-state index < -0.39 is 0 Å². The lowest BCUT2D eigenvalue weighted by molar-refractivity contribution is -0.118.